The largest absolute Gasteiger partial charge is 0.455 e. The minimum atomic E-state index is -4.70. The van der Waals surface area contributed by atoms with Crippen molar-refractivity contribution in [3.63, 3.8) is 0 Å². The van der Waals surface area contributed by atoms with Crippen LogP contribution in [0, 0.1) is 0 Å². The Morgan fingerprint density at radius 2 is 0.938 bits per heavy atom. The second-order valence-electron chi connectivity index (χ2n) is 15.6. The van der Waals surface area contributed by atoms with Gasteiger partial charge in [0.2, 0.25) is 0 Å². The second kappa shape index (κ2) is 14.8. The van der Waals surface area contributed by atoms with Crippen LogP contribution in [0.15, 0.2) is 192 Å². The van der Waals surface area contributed by atoms with Crippen LogP contribution >= 0.6 is 0 Å². The molecular weight excluding hydrogens is 821 g/mol. The molecule has 310 valence electrons. The number of rotatable bonds is 6. The van der Waals surface area contributed by atoms with Crippen molar-refractivity contribution in [2.24, 2.45) is 0 Å². The molecule has 8 aromatic carbocycles. The number of halogens is 6. The maximum atomic E-state index is 14.6. The summed E-state index contributed by atoms with van der Waals surface area (Å²) in [7, 11) is 0. The highest BCUT2D eigenvalue weighted by Gasteiger charge is 2.33. The number of furan rings is 1. The summed E-state index contributed by atoms with van der Waals surface area (Å²) in [5, 5.41) is 3.30. The summed E-state index contributed by atoms with van der Waals surface area (Å²) in [4.78, 5) is 9.97. The Morgan fingerprint density at radius 3 is 1.56 bits per heavy atom. The molecule has 0 aliphatic heterocycles. The molecule has 0 atom stereocenters. The van der Waals surface area contributed by atoms with E-state index in [1.54, 1.807) is 30.3 Å². The molecule has 0 N–H and O–H groups in total. The summed E-state index contributed by atoms with van der Waals surface area (Å²) >= 11 is 0. The van der Waals surface area contributed by atoms with Crippen LogP contribution in [0.1, 0.15) is 11.1 Å². The molecule has 4 nitrogen and oxygen atoms in total. The van der Waals surface area contributed by atoms with E-state index >= 15 is 0 Å². The minimum Gasteiger partial charge on any atom is -0.455 e. The summed E-state index contributed by atoms with van der Waals surface area (Å²) in [6.07, 6.45) is -9.39. The van der Waals surface area contributed by atoms with Gasteiger partial charge in [-0.25, -0.2) is 9.97 Å². The number of para-hydroxylation sites is 2. The molecule has 3 aromatic heterocycles. The molecule has 0 radical (unpaired) electrons. The van der Waals surface area contributed by atoms with Gasteiger partial charge in [-0.05, 0) is 77.9 Å². The highest BCUT2D eigenvalue weighted by atomic mass is 19.4. The van der Waals surface area contributed by atoms with Gasteiger partial charge in [0.15, 0.2) is 5.82 Å². The van der Waals surface area contributed by atoms with Crippen molar-refractivity contribution < 1.29 is 30.8 Å². The van der Waals surface area contributed by atoms with Crippen LogP contribution in [-0.2, 0) is 12.4 Å². The van der Waals surface area contributed by atoms with Crippen molar-refractivity contribution in [3.05, 3.63) is 199 Å². The summed E-state index contributed by atoms with van der Waals surface area (Å²) in [5.41, 5.74) is 5.16. The van der Waals surface area contributed by atoms with Crippen LogP contribution in [0.5, 0.6) is 0 Å². The Labute approximate surface area is 361 Å². The molecular formula is C54H31F6N3O. The summed E-state index contributed by atoms with van der Waals surface area (Å²) in [6.45, 7) is 0. The Bertz CT molecular complexity index is 3450. The molecule has 0 aliphatic carbocycles. The first-order valence-electron chi connectivity index (χ1n) is 20.4. The third kappa shape index (κ3) is 6.66. The van der Waals surface area contributed by atoms with Crippen LogP contribution in [0.25, 0.3) is 106 Å². The second-order valence-corrected chi connectivity index (χ2v) is 15.6. The van der Waals surface area contributed by atoms with E-state index in [-0.39, 0.29) is 11.1 Å². The molecule has 3 heterocycles. The van der Waals surface area contributed by atoms with Gasteiger partial charge < -0.3 is 8.98 Å². The molecule has 11 rings (SSSR count). The highest BCUT2D eigenvalue weighted by Crippen LogP contribution is 2.47. The summed E-state index contributed by atoms with van der Waals surface area (Å²) < 4.78 is 96.2. The predicted octanol–water partition coefficient (Wildman–Crippen LogP) is 15.8. The number of nitrogens with zero attached hydrogens (tertiary/aromatic N) is 3. The molecule has 64 heavy (non-hydrogen) atoms. The van der Waals surface area contributed by atoms with E-state index in [9.17, 15) is 26.3 Å². The number of hydrogen-bond donors (Lipinski definition) is 0. The molecule has 0 fully saturated rings. The number of benzene rings is 8. The molecule has 0 aliphatic rings. The molecule has 0 saturated carbocycles. The zero-order valence-electron chi connectivity index (χ0n) is 33.4. The standard InChI is InChI=1S/C54H31F6N3O/c55-53(56,57)37-19-11-17-34(27-37)42-29-36(45-31-44(32-13-3-1-4-14-32)61-52(62-45)33-15-5-2-6-16-33)30-43(35-18-12-20-38(28-35)54(58,59)60)50(42)63-46-23-9-7-22-41(46)49-47(63)26-25-40-39-21-8-10-24-48(39)64-51(40)49/h1-31H. The molecule has 0 spiro atoms. The van der Waals surface area contributed by atoms with Gasteiger partial charge in [-0.3, -0.25) is 0 Å². The van der Waals surface area contributed by atoms with Gasteiger partial charge in [0.25, 0.3) is 0 Å². The molecule has 0 unspecified atom stereocenters. The van der Waals surface area contributed by atoms with Gasteiger partial charge in [-0.1, -0.05) is 121 Å². The van der Waals surface area contributed by atoms with E-state index in [0.29, 0.717) is 61.8 Å². The van der Waals surface area contributed by atoms with E-state index in [1.807, 2.05) is 126 Å². The van der Waals surface area contributed by atoms with Gasteiger partial charge in [-0.15, -0.1) is 0 Å². The molecule has 10 heteroatoms. The van der Waals surface area contributed by atoms with Gasteiger partial charge in [0.1, 0.15) is 11.2 Å². The molecule has 0 saturated heterocycles. The topological polar surface area (TPSA) is 43.9 Å². The van der Waals surface area contributed by atoms with E-state index in [1.165, 1.54) is 12.1 Å². The van der Waals surface area contributed by atoms with Crippen LogP contribution in [-0.4, -0.2) is 14.5 Å². The van der Waals surface area contributed by atoms with Crippen molar-refractivity contribution in [1.29, 1.82) is 0 Å². The monoisotopic (exact) mass is 851 g/mol. The van der Waals surface area contributed by atoms with E-state index < -0.39 is 23.5 Å². The van der Waals surface area contributed by atoms with E-state index in [0.717, 1.165) is 56.9 Å². The fourth-order valence-corrected chi connectivity index (χ4v) is 8.73. The lowest BCUT2D eigenvalue weighted by molar-refractivity contribution is -0.138. The van der Waals surface area contributed by atoms with Crippen LogP contribution in [0.4, 0.5) is 26.3 Å². The van der Waals surface area contributed by atoms with E-state index in [4.69, 9.17) is 14.4 Å². The van der Waals surface area contributed by atoms with Gasteiger partial charge >= 0.3 is 12.4 Å². The molecule has 0 bridgehead atoms. The van der Waals surface area contributed by atoms with Crippen molar-refractivity contribution in [3.8, 4) is 61.8 Å². The molecule has 11 aromatic rings. The van der Waals surface area contributed by atoms with Gasteiger partial charge in [-0.2, -0.15) is 26.3 Å². The van der Waals surface area contributed by atoms with Crippen molar-refractivity contribution in [2.45, 2.75) is 12.4 Å². The van der Waals surface area contributed by atoms with Crippen molar-refractivity contribution in [2.75, 3.05) is 0 Å². The normalized spacial score (nSPS) is 12.2. The fraction of sp³-hybridized carbons (Fsp3) is 0.0370. The Kier molecular flexibility index (Phi) is 9.02. The third-order valence-electron chi connectivity index (χ3n) is 11.6. The Balaban J connectivity index is 1.30. The lowest BCUT2D eigenvalue weighted by atomic mass is 9.90. The van der Waals surface area contributed by atoms with Crippen LogP contribution < -0.4 is 0 Å². The number of hydrogen-bond acceptors (Lipinski definition) is 3. The minimum absolute atomic E-state index is 0.191. The summed E-state index contributed by atoms with van der Waals surface area (Å²) in [6, 6.07) is 53.3. The smallest absolute Gasteiger partial charge is 0.416 e. The number of aromatic nitrogens is 3. The average Bonchev–Trinajstić information content (AvgIpc) is 3.87. The zero-order valence-corrected chi connectivity index (χ0v) is 33.4. The third-order valence-corrected chi connectivity index (χ3v) is 11.6. The average molecular weight is 852 g/mol. The molecule has 0 amide bonds. The predicted molar refractivity (Wildman–Crippen MR) is 241 cm³/mol. The summed E-state index contributed by atoms with van der Waals surface area (Å²) in [5.74, 6) is 0.388. The van der Waals surface area contributed by atoms with E-state index in [2.05, 4.69) is 0 Å². The van der Waals surface area contributed by atoms with Crippen LogP contribution in [0.3, 0.4) is 0 Å². The first-order valence-corrected chi connectivity index (χ1v) is 20.4. The maximum absolute atomic E-state index is 14.6. The van der Waals surface area contributed by atoms with Gasteiger partial charge in [0.05, 0.1) is 44.6 Å². The first-order chi connectivity index (χ1) is 31.0. The lowest BCUT2D eigenvalue weighted by Gasteiger charge is -2.22. The highest BCUT2D eigenvalue weighted by molar-refractivity contribution is 6.24. The quantitative estimate of drug-likeness (QED) is 0.157. The zero-order chi connectivity index (χ0) is 43.7. The van der Waals surface area contributed by atoms with Crippen molar-refractivity contribution >= 4 is 43.7 Å². The lowest BCUT2D eigenvalue weighted by Crippen LogP contribution is -2.07. The SMILES string of the molecule is FC(F)(F)c1cccc(-c2cc(-c3cc(-c4ccccc4)nc(-c4ccccc4)n3)cc(-c3cccc(C(F)(F)F)c3)c2-n2c3ccccc3c3c4oc5ccccc5c4ccc32)c1. The van der Waals surface area contributed by atoms with Crippen LogP contribution in [0.2, 0.25) is 0 Å². The fourth-order valence-electron chi connectivity index (χ4n) is 8.73. The van der Waals surface area contributed by atoms with Gasteiger partial charge in [0, 0.05) is 44.0 Å². The number of alkyl halides is 6. The Hall–Kier alpha value is -7.98. The first kappa shape index (κ1) is 38.9. The van der Waals surface area contributed by atoms with Crippen molar-refractivity contribution in [1.82, 2.24) is 14.5 Å². The maximum Gasteiger partial charge on any atom is 0.416 e. The Morgan fingerprint density at radius 1 is 0.406 bits per heavy atom. The number of fused-ring (bicyclic) bond motifs is 7.